The van der Waals surface area contributed by atoms with Gasteiger partial charge in [-0.25, -0.2) is 18.1 Å². The minimum absolute atomic E-state index is 0.386. The maximum Gasteiger partial charge on any atom is 0.208 e. The van der Waals surface area contributed by atoms with Crippen LogP contribution in [0.1, 0.15) is 18.9 Å². The number of hydrogen-bond acceptors (Lipinski definition) is 5. The Morgan fingerprint density at radius 1 is 1.16 bits per heavy atom. The summed E-state index contributed by atoms with van der Waals surface area (Å²) in [6, 6.07) is 5.60. The molecule has 0 radical (unpaired) electrons. The molecular weight excluding hydrogens is 344 g/mol. The van der Waals surface area contributed by atoms with E-state index < -0.39 is 10.0 Å². The van der Waals surface area contributed by atoms with Crippen molar-refractivity contribution in [2.75, 3.05) is 40.1 Å². The van der Waals surface area contributed by atoms with Crippen LogP contribution in [0.15, 0.2) is 23.2 Å². The molecule has 0 amide bonds. The molecular formula is C16H28N4O4S. The molecule has 0 aliphatic carbocycles. The van der Waals surface area contributed by atoms with Crippen molar-refractivity contribution in [3.8, 4) is 11.5 Å². The smallest absolute Gasteiger partial charge is 0.208 e. The molecule has 1 rings (SSSR count). The van der Waals surface area contributed by atoms with Gasteiger partial charge < -0.3 is 20.1 Å². The summed E-state index contributed by atoms with van der Waals surface area (Å²) in [6.45, 7) is 4.15. The molecule has 1 aromatic rings. The van der Waals surface area contributed by atoms with Crippen molar-refractivity contribution in [1.29, 1.82) is 0 Å². The average Bonchev–Trinajstić information content (AvgIpc) is 2.58. The van der Waals surface area contributed by atoms with E-state index in [9.17, 15) is 8.42 Å². The van der Waals surface area contributed by atoms with Gasteiger partial charge in [0, 0.05) is 31.3 Å². The fourth-order valence-corrected chi connectivity index (χ4v) is 2.56. The van der Waals surface area contributed by atoms with Gasteiger partial charge in [0.1, 0.15) is 11.5 Å². The summed E-state index contributed by atoms with van der Waals surface area (Å²) in [7, 11) is 0.0783. The van der Waals surface area contributed by atoms with Gasteiger partial charge in [0.25, 0.3) is 0 Å². The lowest BCUT2D eigenvalue weighted by atomic mass is 10.2. The number of nitrogens with zero attached hydrogens (tertiary/aromatic N) is 1. The van der Waals surface area contributed by atoms with Crippen molar-refractivity contribution in [3.05, 3.63) is 23.8 Å². The second-order valence-corrected chi connectivity index (χ2v) is 7.15. The Morgan fingerprint density at radius 3 is 2.52 bits per heavy atom. The first-order valence-electron chi connectivity index (χ1n) is 8.07. The molecule has 0 aliphatic heterocycles. The molecule has 0 aromatic heterocycles. The summed E-state index contributed by atoms with van der Waals surface area (Å²) in [5.41, 5.74) is 0.944. The fourth-order valence-electron chi connectivity index (χ4n) is 2.04. The summed E-state index contributed by atoms with van der Waals surface area (Å²) in [5.74, 6) is 2.11. The normalized spacial score (nSPS) is 11.9. The lowest BCUT2D eigenvalue weighted by molar-refractivity contribution is 0.391. The predicted molar refractivity (Wildman–Crippen MR) is 99.8 cm³/mol. The number of nitrogens with one attached hydrogen (secondary N) is 3. The van der Waals surface area contributed by atoms with Gasteiger partial charge in [-0.2, -0.15) is 0 Å². The van der Waals surface area contributed by atoms with Crippen LogP contribution in [0, 0.1) is 0 Å². The van der Waals surface area contributed by atoms with E-state index in [1.807, 2.05) is 25.1 Å². The quantitative estimate of drug-likeness (QED) is 0.317. The highest BCUT2D eigenvalue weighted by Gasteiger charge is 2.05. The number of hydrogen-bond donors (Lipinski definition) is 3. The highest BCUT2D eigenvalue weighted by Crippen LogP contribution is 2.25. The van der Waals surface area contributed by atoms with Crippen LogP contribution in [0.25, 0.3) is 0 Å². The van der Waals surface area contributed by atoms with Crippen LogP contribution < -0.4 is 24.8 Å². The summed E-state index contributed by atoms with van der Waals surface area (Å²) in [5, 5.41) is 6.33. The van der Waals surface area contributed by atoms with Gasteiger partial charge in [-0.05, 0) is 25.5 Å². The van der Waals surface area contributed by atoms with Crippen LogP contribution in [-0.2, 0) is 16.6 Å². The number of rotatable bonds is 10. The third-order valence-electron chi connectivity index (χ3n) is 3.26. The van der Waals surface area contributed by atoms with Crippen molar-refractivity contribution in [1.82, 2.24) is 15.4 Å². The van der Waals surface area contributed by atoms with Gasteiger partial charge in [0.15, 0.2) is 5.96 Å². The lowest BCUT2D eigenvalue weighted by Gasteiger charge is -2.13. The predicted octanol–water partition coefficient (Wildman–Crippen LogP) is 0.698. The van der Waals surface area contributed by atoms with Gasteiger partial charge >= 0.3 is 0 Å². The molecule has 0 heterocycles. The van der Waals surface area contributed by atoms with Crippen LogP contribution >= 0.6 is 0 Å². The van der Waals surface area contributed by atoms with Gasteiger partial charge in [0.05, 0.1) is 27.0 Å². The highest BCUT2D eigenvalue weighted by molar-refractivity contribution is 7.88. The molecule has 0 saturated heterocycles. The molecule has 0 fully saturated rings. The summed E-state index contributed by atoms with van der Waals surface area (Å²) < 4.78 is 35.0. The third-order valence-corrected chi connectivity index (χ3v) is 3.98. The van der Waals surface area contributed by atoms with Crippen LogP contribution in [-0.4, -0.2) is 54.5 Å². The van der Waals surface area contributed by atoms with Gasteiger partial charge in [-0.1, -0.05) is 0 Å². The Morgan fingerprint density at radius 2 is 1.92 bits per heavy atom. The van der Waals surface area contributed by atoms with E-state index in [0.717, 1.165) is 29.9 Å². The SMILES string of the molecule is CCNC(=NCc1ccc(OC)cc1OC)NCCCNS(C)(=O)=O. The monoisotopic (exact) mass is 372 g/mol. The fraction of sp³-hybridized carbons (Fsp3) is 0.562. The molecule has 0 bridgehead atoms. The first-order valence-corrected chi connectivity index (χ1v) is 9.96. The maximum absolute atomic E-state index is 11.0. The van der Waals surface area contributed by atoms with Crippen molar-refractivity contribution in [2.24, 2.45) is 4.99 Å². The van der Waals surface area contributed by atoms with Crippen LogP contribution in [0.2, 0.25) is 0 Å². The third kappa shape index (κ3) is 8.59. The second-order valence-electron chi connectivity index (χ2n) is 5.32. The Balaban J connectivity index is 2.60. The molecule has 142 valence electrons. The Hall–Kier alpha value is -2.00. The van der Waals surface area contributed by atoms with Gasteiger partial charge in [-0.3, -0.25) is 0 Å². The Labute approximate surface area is 150 Å². The zero-order chi connectivity index (χ0) is 18.7. The first-order chi connectivity index (χ1) is 11.9. The van der Waals surface area contributed by atoms with Crippen LogP contribution in [0.3, 0.4) is 0 Å². The number of aliphatic imine (C=N–C) groups is 1. The zero-order valence-electron chi connectivity index (χ0n) is 15.3. The van der Waals surface area contributed by atoms with Crippen molar-refractivity contribution < 1.29 is 17.9 Å². The molecule has 0 unspecified atom stereocenters. The molecule has 25 heavy (non-hydrogen) atoms. The maximum atomic E-state index is 11.0. The summed E-state index contributed by atoms with van der Waals surface area (Å²) >= 11 is 0. The zero-order valence-corrected chi connectivity index (χ0v) is 16.1. The number of benzene rings is 1. The average molecular weight is 372 g/mol. The molecule has 1 aromatic carbocycles. The summed E-state index contributed by atoms with van der Waals surface area (Å²) in [6.07, 6.45) is 1.80. The van der Waals surface area contributed by atoms with E-state index in [0.29, 0.717) is 32.0 Å². The molecule has 0 aliphatic rings. The van der Waals surface area contributed by atoms with Crippen molar-refractivity contribution in [3.63, 3.8) is 0 Å². The lowest BCUT2D eigenvalue weighted by Crippen LogP contribution is -2.38. The second kappa shape index (κ2) is 10.8. The molecule has 9 heteroatoms. The Kier molecular flexibility index (Phi) is 9.07. The minimum Gasteiger partial charge on any atom is -0.497 e. The van der Waals surface area contributed by atoms with E-state index in [2.05, 4.69) is 20.3 Å². The summed E-state index contributed by atoms with van der Waals surface area (Å²) in [4.78, 5) is 4.53. The molecule has 0 spiro atoms. The number of methoxy groups -OCH3 is 2. The number of ether oxygens (including phenoxy) is 2. The standard InChI is InChI=1S/C16H28N4O4S/c1-5-17-16(18-9-6-10-20-25(4,21)22)19-12-13-7-8-14(23-2)11-15(13)24-3/h7-8,11,20H,5-6,9-10,12H2,1-4H3,(H2,17,18,19). The number of sulfonamides is 1. The number of guanidine groups is 1. The van der Waals surface area contributed by atoms with E-state index in [4.69, 9.17) is 9.47 Å². The molecule has 0 atom stereocenters. The van der Waals surface area contributed by atoms with Crippen molar-refractivity contribution >= 4 is 16.0 Å². The Bertz CT molecular complexity index is 662. The van der Waals surface area contributed by atoms with E-state index in [1.165, 1.54) is 0 Å². The van der Waals surface area contributed by atoms with Gasteiger partial charge in [-0.15, -0.1) is 0 Å². The minimum atomic E-state index is -3.14. The van der Waals surface area contributed by atoms with E-state index in [-0.39, 0.29) is 0 Å². The van der Waals surface area contributed by atoms with Gasteiger partial charge in [0.2, 0.25) is 10.0 Å². The largest absolute Gasteiger partial charge is 0.497 e. The van der Waals surface area contributed by atoms with Crippen LogP contribution in [0.4, 0.5) is 0 Å². The molecule has 8 nitrogen and oxygen atoms in total. The van der Waals surface area contributed by atoms with E-state index >= 15 is 0 Å². The van der Waals surface area contributed by atoms with Crippen LogP contribution in [0.5, 0.6) is 11.5 Å². The topological polar surface area (TPSA) is 101 Å². The van der Waals surface area contributed by atoms with Crippen molar-refractivity contribution in [2.45, 2.75) is 19.9 Å². The molecule has 0 saturated carbocycles. The van der Waals surface area contributed by atoms with E-state index in [1.54, 1.807) is 14.2 Å². The highest BCUT2D eigenvalue weighted by atomic mass is 32.2. The first kappa shape index (κ1) is 21.0. The molecule has 3 N–H and O–H groups in total.